The first-order valence-electron chi connectivity index (χ1n) is 3.32. The summed E-state index contributed by atoms with van der Waals surface area (Å²) < 4.78 is 17.4. The van der Waals surface area contributed by atoms with E-state index < -0.39 is 13.1 Å². The van der Waals surface area contributed by atoms with Crippen molar-refractivity contribution in [3.63, 3.8) is 0 Å². The number of nitrogens with zero attached hydrogens (tertiary/aromatic N) is 1. The summed E-state index contributed by atoms with van der Waals surface area (Å²) in [5.41, 5.74) is -0.0751. The van der Waals surface area contributed by atoms with E-state index in [1.54, 1.807) is 0 Å². The summed E-state index contributed by atoms with van der Waals surface area (Å²) in [6.45, 7) is 0. The number of hydrogen-bond acceptors (Lipinski definition) is 4. The van der Waals surface area contributed by atoms with Crippen molar-refractivity contribution in [2.45, 2.75) is 0 Å². The third-order valence-electron chi connectivity index (χ3n) is 1.44. The molecule has 2 N–H and O–H groups in total. The van der Waals surface area contributed by atoms with Crippen molar-refractivity contribution >= 4 is 24.2 Å². The topological polar surface area (TPSA) is 62.6 Å². The predicted molar refractivity (Wildman–Crippen MR) is 45.6 cm³/mol. The number of ether oxygens (including phenoxy) is 1. The molecule has 1 heterocycles. The average Bonchev–Trinajstić information content (AvgIpc) is 2.09. The van der Waals surface area contributed by atoms with Gasteiger partial charge < -0.3 is 14.8 Å². The van der Waals surface area contributed by atoms with Crippen molar-refractivity contribution in [3.8, 4) is 5.75 Å². The van der Waals surface area contributed by atoms with E-state index in [1.807, 2.05) is 0 Å². The van der Waals surface area contributed by atoms with Crippen molar-refractivity contribution in [1.82, 2.24) is 4.98 Å². The first kappa shape index (κ1) is 10.2. The van der Waals surface area contributed by atoms with Crippen LogP contribution in [-0.4, -0.2) is 29.3 Å². The molecule has 1 rings (SSSR count). The number of aromatic nitrogens is 1. The molecule has 4 nitrogen and oxygen atoms in total. The third kappa shape index (κ3) is 1.90. The zero-order valence-corrected chi connectivity index (χ0v) is 7.42. The highest BCUT2D eigenvalue weighted by Crippen LogP contribution is 2.23. The Bertz CT molecular complexity index is 323. The first-order valence-corrected chi connectivity index (χ1v) is 3.69. The Morgan fingerprint density at radius 1 is 1.62 bits per heavy atom. The molecule has 0 spiro atoms. The van der Waals surface area contributed by atoms with Gasteiger partial charge >= 0.3 is 7.12 Å². The highest BCUT2D eigenvalue weighted by atomic mass is 35.5. The van der Waals surface area contributed by atoms with Gasteiger partial charge in [0.05, 0.1) is 7.11 Å². The van der Waals surface area contributed by atoms with E-state index in [-0.39, 0.29) is 16.2 Å². The van der Waals surface area contributed by atoms with Crippen LogP contribution in [0.1, 0.15) is 0 Å². The lowest BCUT2D eigenvalue weighted by molar-refractivity contribution is 0.399. The number of rotatable bonds is 2. The Kier molecular flexibility index (Phi) is 3.08. The molecule has 0 aromatic carbocycles. The van der Waals surface area contributed by atoms with Crippen LogP contribution in [0.25, 0.3) is 0 Å². The van der Waals surface area contributed by atoms with Gasteiger partial charge in [0.1, 0.15) is 10.8 Å². The molecule has 0 aliphatic rings. The van der Waals surface area contributed by atoms with E-state index in [2.05, 4.69) is 9.72 Å². The maximum Gasteiger partial charge on any atom is 0.493 e. The van der Waals surface area contributed by atoms with Crippen LogP contribution >= 0.6 is 11.6 Å². The van der Waals surface area contributed by atoms with Crippen molar-refractivity contribution in [1.29, 1.82) is 0 Å². The summed E-state index contributed by atoms with van der Waals surface area (Å²) in [5, 5.41) is 17.2. The van der Waals surface area contributed by atoms with Crippen molar-refractivity contribution in [2.75, 3.05) is 7.11 Å². The van der Waals surface area contributed by atoms with Gasteiger partial charge in [0, 0.05) is 11.7 Å². The molecule has 0 aliphatic heterocycles. The monoisotopic (exact) mass is 205 g/mol. The normalized spacial score (nSPS) is 9.92. The smallest absolute Gasteiger partial charge is 0.493 e. The summed E-state index contributed by atoms with van der Waals surface area (Å²) in [6.07, 6.45) is 0.949. The van der Waals surface area contributed by atoms with Gasteiger partial charge in [0.15, 0.2) is 0 Å². The lowest BCUT2D eigenvalue weighted by Gasteiger charge is -2.08. The number of hydrogen-bond donors (Lipinski definition) is 2. The van der Waals surface area contributed by atoms with Crippen LogP contribution in [-0.2, 0) is 0 Å². The van der Waals surface area contributed by atoms with Crippen LogP contribution in [0.4, 0.5) is 4.39 Å². The molecule has 0 saturated heterocycles. The molecule has 7 heteroatoms. The fourth-order valence-corrected chi connectivity index (χ4v) is 1.09. The number of methoxy groups -OCH3 is 1. The molecule has 1 aromatic heterocycles. The molecule has 0 atom stereocenters. The van der Waals surface area contributed by atoms with Crippen LogP contribution in [0.5, 0.6) is 5.75 Å². The molecule has 0 aliphatic carbocycles. The van der Waals surface area contributed by atoms with Crippen LogP contribution < -0.4 is 10.2 Å². The summed E-state index contributed by atoms with van der Waals surface area (Å²) >= 11 is 5.46. The van der Waals surface area contributed by atoms with Crippen molar-refractivity contribution < 1.29 is 19.2 Å². The zero-order valence-electron chi connectivity index (χ0n) is 6.66. The molecular weight excluding hydrogens is 199 g/mol. The molecule has 0 saturated carbocycles. The van der Waals surface area contributed by atoms with E-state index in [9.17, 15) is 4.39 Å². The minimum atomic E-state index is -1.79. The summed E-state index contributed by atoms with van der Waals surface area (Å²) in [4.78, 5) is 3.21. The first-order chi connectivity index (χ1) is 6.07. The number of halogens is 2. The van der Waals surface area contributed by atoms with E-state index in [1.165, 1.54) is 7.11 Å². The van der Waals surface area contributed by atoms with Gasteiger partial charge in [-0.1, -0.05) is 11.6 Å². The molecular formula is C6H6BClFNO3. The Morgan fingerprint density at radius 2 is 2.23 bits per heavy atom. The second kappa shape index (κ2) is 3.91. The van der Waals surface area contributed by atoms with Crippen molar-refractivity contribution in [2.24, 2.45) is 0 Å². The van der Waals surface area contributed by atoms with Gasteiger partial charge in [-0.2, -0.15) is 4.39 Å². The molecule has 0 unspecified atom stereocenters. The Balaban J connectivity index is 3.30. The second-order valence-corrected chi connectivity index (χ2v) is 2.60. The SMILES string of the molecule is COc1c(B(O)O)cnc(F)c1Cl. The van der Waals surface area contributed by atoms with Gasteiger partial charge in [0.25, 0.3) is 0 Å². The second-order valence-electron chi connectivity index (χ2n) is 2.23. The standard InChI is InChI=1S/C6H6BClFNO3/c1-13-5-3(7(11)12)2-10-6(9)4(5)8/h2,11-12H,1H3. The minimum Gasteiger partial charge on any atom is -0.495 e. The fraction of sp³-hybridized carbons (Fsp3) is 0.167. The minimum absolute atomic E-state index is 0.0751. The lowest BCUT2D eigenvalue weighted by atomic mass is 9.81. The summed E-state index contributed by atoms with van der Waals surface area (Å²) in [6, 6.07) is 0. The fourth-order valence-electron chi connectivity index (χ4n) is 0.853. The predicted octanol–water partition coefficient (Wildman–Crippen LogP) is -0.437. The van der Waals surface area contributed by atoms with Gasteiger partial charge in [-0.3, -0.25) is 0 Å². The molecule has 70 valence electrons. The Hall–Kier alpha value is -0.845. The van der Waals surface area contributed by atoms with Gasteiger partial charge in [-0.25, -0.2) is 4.98 Å². The lowest BCUT2D eigenvalue weighted by Crippen LogP contribution is -2.32. The van der Waals surface area contributed by atoms with Crippen LogP contribution in [0, 0.1) is 5.95 Å². The van der Waals surface area contributed by atoms with E-state index >= 15 is 0 Å². The molecule has 0 radical (unpaired) electrons. The molecule has 0 fully saturated rings. The largest absolute Gasteiger partial charge is 0.495 e. The zero-order chi connectivity index (χ0) is 10.0. The average molecular weight is 205 g/mol. The quantitative estimate of drug-likeness (QED) is 0.508. The Morgan fingerprint density at radius 3 is 2.69 bits per heavy atom. The summed E-state index contributed by atoms with van der Waals surface area (Å²) in [7, 11) is -0.549. The van der Waals surface area contributed by atoms with Gasteiger partial charge in [-0.05, 0) is 0 Å². The maximum absolute atomic E-state index is 12.7. The molecule has 1 aromatic rings. The highest BCUT2D eigenvalue weighted by molar-refractivity contribution is 6.60. The maximum atomic E-state index is 12.7. The summed E-state index contributed by atoms with van der Waals surface area (Å²) in [5.74, 6) is -1.04. The third-order valence-corrected chi connectivity index (χ3v) is 1.77. The van der Waals surface area contributed by atoms with Crippen LogP contribution in [0.2, 0.25) is 5.02 Å². The highest BCUT2D eigenvalue weighted by Gasteiger charge is 2.22. The molecule has 13 heavy (non-hydrogen) atoms. The van der Waals surface area contributed by atoms with Crippen LogP contribution in [0.15, 0.2) is 6.20 Å². The van der Waals surface area contributed by atoms with Gasteiger partial charge in [-0.15, -0.1) is 0 Å². The molecule has 0 amide bonds. The molecule has 0 bridgehead atoms. The van der Waals surface area contributed by atoms with Gasteiger partial charge in [0.2, 0.25) is 5.95 Å². The Labute approximate surface area is 79.1 Å². The van der Waals surface area contributed by atoms with E-state index in [0.717, 1.165) is 6.20 Å². The van der Waals surface area contributed by atoms with E-state index in [0.29, 0.717) is 0 Å². The van der Waals surface area contributed by atoms with E-state index in [4.69, 9.17) is 21.6 Å². The van der Waals surface area contributed by atoms with Crippen LogP contribution in [0.3, 0.4) is 0 Å². The number of pyridine rings is 1. The van der Waals surface area contributed by atoms with Crippen molar-refractivity contribution in [3.05, 3.63) is 17.2 Å².